The first-order valence-electron chi connectivity index (χ1n) is 20.0. The zero-order valence-electron chi connectivity index (χ0n) is 32.4. The molecule has 0 saturated carbocycles. The molecule has 55 heavy (non-hydrogen) atoms. The van der Waals surface area contributed by atoms with Gasteiger partial charge in [0.15, 0.2) is 0 Å². The molecule has 0 bridgehead atoms. The molecule has 0 aliphatic carbocycles. The van der Waals surface area contributed by atoms with Crippen LogP contribution in [0.5, 0.6) is 11.5 Å². The Labute approximate surface area is 330 Å². The first-order valence-corrected chi connectivity index (χ1v) is 21.0. The maximum Gasteiger partial charge on any atom is 0.419 e. The van der Waals surface area contributed by atoms with E-state index in [-0.39, 0.29) is 11.7 Å². The average molecular weight is 765 g/mol. The topological polar surface area (TPSA) is 122 Å². The van der Waals surface area contributed by atoms with Crippen molar-refractivity contribution in [2.45, 2.75) is 121 Å². The van der Waals surface area contributed by atoms with Crippen LogP contribution >= 0.6 is 11.8 Å². The van der Waals surface area contributed by atoms with E-state index in [4.69, 9.17) is 4.74 Å². The second-order valence-corrected chi connectivity index (χ2v) is 15.1. The number of phenols is 1. The molecule has 2 amide bonds. The van der Waals surface area contributed by atoms with Gasteiger partial charge in [-0.1, -0.05) is 151 Å². The lowest BCUT2D eigenvalue weighted by atomic mass is 10.0. The Bertz CT molecular complexity index is 1920. The number of hydrogen-bond acceptors (Lipinski definition) is 8. The third kappa shape index (κ3) is 12.8. The smallest absolute Gasteiger partial charge is 0.419 e. The number of tetrazole rings is 1. The number of ether oxygens (including phenoxy) is 1. The molecular weight excluding hydrogens is 709 g/mol. The van der Waals surface area contributed by atoms with Crippen molar-refractivity contribution in [1.82, 2.24) is 20.2 Å². The van der Waals surface area contributed by atoms with E-state index in [0.29, 0.717) is 45.2 Å². The summed E-state index contributed by atoms with van der Waals surface area (Å²) in [6, 6.07) is 25.8. The van der Waals surface area contributed by atoms with Crippen molar-refractivity contribution in [1.29, 1.82) is 0 Å². The third-order valence-corrected chi connectivity index (χ3v) is 10.9. The number of carbonyl (C=O) groups excluding carboxylic acids is 2. The highest BCUT2D eigenvalue weighted by atomic mass is 32.2. The lowest BCUT2D eigenvalue weighted by Crippen LogP contribution is -2.29. The van der Waals surface area contributed by atoms with Gasteiger partial charge in [-0.25, -0.2) is 4.79 Å². The molecule has 0 unspecified atom stereocenters. The highest BCUT2D eigenvalue weighted by molar-refractivity contribution is 7.98. The van der Waals surface area contributed by atoms with Crippen molar-refractivity contribution in [2.75, 3.05) is 17.3 Å². The number of thioether (sulfide) groups is 1. The number of para-hydroxylation sites is 1. The summed E-state index contributed by atoms with van der Waals surface area (Å²) in [7, 11) is 1.63. The van der Waals surface area contributed by atoms with Gasteiger partial charge in [-0.3, -0.25) is 9.69 Å². The number of unbranched alkanes of at least 4 members (excludes halogenated alkanes) is 14. The summed E-state index contributed by atoms with van der Waals surface area (Å²) in [4.78, 5) is 27.4. The summed E-state index contributed by atoms with van der Waals surface area (Å²) in [5.41, 5.74) is 2.83. The second kappa shape index (κ2) is 22.5. The second-order valence-electron chi connectivity index (χ2n) is 14.2. The molecule has 10 nitrogen and oxygen atoms in total. The van der Waals surface area contributed by atoms with E-state index in [1.165, 1.54) is 93.7 Å². The van der Waals surface area contributed by atoms with Gasteiger partial charge in [-0.15, -0.1) is 5.10 Å². The summed E-state index contributed by atoms with van der Waals surface area (Å²) in [5, 5.41) is 27.9. The predicted molar refractivity (Wildman–Crippen MR) is 223 cm³/mol. The van der Waals surface area contributed by atoms with E-state index in [0.717, 1.165) is 30.5 Å². The summed E-state index contributed by atoms with van der Waals surface area (Å²) >= 11 is 1.51. The number of carbonyl (C=O) groups is 2. The van der Waals surface area contributed by atoms with Crippen LogP contribution in [0.25, 0.3) is 16.5 Å². The van der Waals surface area contributed by atoms with E-state index in [1.54, 1.807) is 54.2 Å². The molecule has 5 aromatic rings. The normalized spacial score (nSPS) is 11.2. The van der Waals surface area contributed by atoms with Crippen LogP contribution in [0.2, 0.25) is 0 Å². The largest absolute Gasteiger partial charge is 0.505 e. The van der Waals surface area contributed by atoms with Crippen molar-refractivity contribution in [2.24, 2.45) is 0 Å². The minimum absolute atomic E-state index is 0.0304. The molecule has 0 radical (unpaired) electrons. The number of phenolic OH excluding ortho intramolecular Hbond substituents is 1. The fourth-order valence-corrected chi connectivity index (χ4v) is 7.50. The fourth-order valence-electron chi connectivity index (χ4n) is 6.66. The van der Waals surface area contributed by atoms with E-state index in [9.17, 15) is 14.7 Å². The van der Waals surface area contributed by atoms with Crippen LogP contribution in [0.4, 0.5) is 16.2 Å². The molecular formula is C44H56N6O4S. The van der Waals surface area contributed by atoms with Gasteiger partial charge in [0, 0.05) is 30.0 Å². The molecule has 1 heterocycles. The predicted octanol–water partition coefficient (Wildman–Crippen LogP) is 11.6. The molecule has 11 heteroatoms. The summed E-state index contributed by atoms with van der Waals surface area (Å²) in [6.45, 7) is 2.27. The Morgan fingerprint density at radius 3 is 2.04 bits per heavy atom. The van der Waals surface area contributed by atoms with Gasteiger partial charge in [0.25, 0.3) is 0 Å². The van der Waals surface area contributed by atoms with E-state index in [1.807, 2.05) is 42.5 Å². The van der Waals surface area contributed by atoms with Crippen molar-refractivity contribution >= 4 is 45.9 Å². The minimum Gasteiger partial charge on any atom is -0.505 e. The van der Waals surface area contributed by atoms with E-state index in [2.05, 4.69) is 27.8 Å². The monoisotopic (exact) mass is 764 g/mol. The Kier molecular flexibility index (Phi) is 16.9. The number of aromatic nitrogens is 4. The van der Waals surface area contributed by atoms with Crippen molar-refractivity contribution in [3.05, 3.63) is 90.5 Å². The highest BCUT2D eigenvalue weighted by Gasteiger charge is 2.19. The number of fused-ring (bicyclic) bond motifs is 1. The number of hydrogen-bond donors (Lipinski definition) is 2. The van der Waals surface area contributed by atoms with Gasteiger partial charge in [0.2, 0.25) is 11.1 Å². The van der Waals surface area contributed by atoms with Gasteiger partial charge < -0.3 is 15.2 Å². The van der Waals surface area contributed by atoms with Gasteiger partial charge in [-0.2, -0.15) is 4.68 Å². The third-order valence-electron chi connectivity index (χ3n) is 9.86. The van der Waals surface area contributed by atoms with Gasteiger partial charge in [-0.05, 0) is 64.9 Å². The van der Waals surface area contributed by atoms with Crippen LogP contribution in [-0.2, 0) is 10.5 Å². The van der Waals surface area contributed by atoms with Gasteiger partial charge in [0.1, 0.15) is 11.5 Å². The number of nitrogens with zero attached hydrogens (tertiary/aromatic N) is 5. The number of benzene rings is 4. The molecule has 292 valence electrons. The first kappa shape index (κ1) is 41.3. The van der Waals surface area contributed by atoms with Crippen molar-refractivity contribution in [3.63, 3.8) is 0 Å². The minimum atomic E-state index is -0.572. The fraction of sp³-hybridized carbons (Fsp3) is 0.432. The Hall–Kier alpha value is -4.90. The SMILES string of the molecule is CCCCCCCCCCCCCCCCCC(=O)Nc1ccc2c(N(C)C(=O)Oc3ccc(CSc4nnnn4-c4ccccc4)cc3)cccc2c1O. The molecule has 0 aliphatic heterocycles. The van der Waals surface area contributed by atoms with Crippen LogP contribution in [0.1, 0.15) is 115 Å². The van der Waals surface area contributed by atoms with Crippen LogP contribution in [0, 0.1) is 0 Å². The van der Waals surface area contributed by atoms with Crippen molar-refractivity contribution < 1.29 is 19.4 Å². The number of aromatic hydroxyl groups is 1. The standard InChI is InChI=1S/C44H56N6O4S/c1-3-4-5-6-7-8-9-10-11-12-13-14-15-16-20-26-41(51)45-39-32-31-37-38(42(39)52)24-21-25-40(37)49(2)44(53)54-36-29-27-34(28-30-36)33-55-43-46-47-48-50(43)35-22-18-17-19-23-35/h17-19,21-25,27-32,52H,3-16,20,26,33H2,1-2H3,(H,45,51). The zero-order chi connectivity index (χ0) is 38.7. The Morgan fingerprint density at radius 2 is 1.38 bits per heavy atom. The molecule has 2 N–H and O–H groups in total. The van der Waals surface area contributed by atoms with Gasteiger partial charge in [0.05, 0.1) is 17.1 Å². The summed E-state index contributed by atoms with van der Waals surface area (Å²) < 4.78 is 7.39. The highest BCUT2D eigenvalue weighted by Crippen LogP contribution is 2.37. The number of rotatable bonds is 23. The average Bonchev–Trinajstić information content (AvgIpc) is 3.69. The number of amides is 2. The molecule has 0 saturated heterocycles. The quantitative estimate of drug-likeness (QED) is 0.0383. The van der Waals surface area contributed by atoms with Crippen molar-refractivity contribution in [3.8, 4) is 17.2 Å². The summed E-state index contributed by atoms with van der Waals surface area (Å²) in [6.07, 6.45) is 19.0. The molecule has 4 aromatic carbocycles. The molecule has 0 aliphatic rings. The maximum absolute atomic E-state index is 13.2. The number of anilines is 2. The lowest BCUT2D eigenvalue weighted by molar-refractivity contribution is -0.116. The Balaban J connectivity index is 1.02. The maximum atomic E-state index is 13.2. The van der Waals surface area contributed by atoms with Crippen LogP contribution in [0.15, 0.2) is 90.1 Å². The molecule has 0 spiro atoms. The van der Waals surface area contributed by atoms with E-state index < -0.39 is 6.09 Å². The van der Waals surface area contributed by atoms with E-state index >= 15 is 0 Å². The van der Waals surface area contributed by atoms with Crippen LogP contribution < -0.4 is 15.0 Å². The molecule has 5 rings (SSSR count). The number of nitrogens with one attached hydrogen (secondary N) is 1. The van der Waals surface area contributed by atoms with Gasteiger partial charge >= 0.3 is 6.09 Å². The molecule has 0 atom stereocenters. The lowest BCUT2D eigenvalue weighted by Gasteiger charge is -2.20. The zero-order valence-corrected chi connectivity index (χ0v) is 33.2. The Morgan fingerprint density at radius 1 is 0.745 bits per heavy atom. The van der Waals surface area contributed by atoms with Crippen LogP contribution in [0.3, 0.4) is 0 Å². The molecule has 0 fully saturated rings. The summed E-state index contributed by atoms with van der Waals surface area (Å²) in [5.74, 6) is 0.889. The first-order chi connectivity index (χ1) is 26.9. The molecule has 1 aromatic heterocycles. The van der Waals surface area contributed by atoms with Crippen LogP contribution in [-0.4, -0.2) is 44.4 Å².